The fourth-order valence-corrected chi connectivity index (χ4v) is 1.46. The number of primary amides is 1. The van der Waals surface area contributed by atoms with Crippen LogP contribution in [0.5, 0.6) is 0 Å². The van der Waals surface area contributed by atoms with Gasteiger partial charge in [0, 0.05) is 5.69 Å². The number of hydrogen-bond acceptors (Lipinski definition) is 4. The first-order valence-electron chi connectivity index (χ1n) is 5.94. The minimum Gasteiger partial charge on any atom is -0.440 e. The summed E-state index contributed by atoms with van der Waals surface area (Å²) in [6.45, 7) is 0.281. The molecule has 3 amide bonds. The molecule has 106 valence electrons. The highest BCUT2D eigenvalue weighted by Gasteiger charge is 2.08. The van der Waals surface area contributed by atoms with Gasteiger partial charge in [0.15, 0.2) is 0 Å². The van der Waals surface area contributed by atoms with Crippen LogP contribution in [0.15, 0.2) is 24.3 Å². The van der Waals surface area contributed by atoms with Crippen LogP contribution in [0.3, 0.4) is 0 Å². The third-order valence-corrected chi connectivity index (χ3v) is 2.33. The largest absolute Gasteiger partial charge is 0.440 e. The minimum absolute atomic E-state index is 0.216. The van der Waals surface area contributed by atoms with Crippen molar-refractivity contribution in [3.63, 3.8) is 0 Å². The Balaban J connectivity index is 2.38. The van der Waals surface area contributed by atoms with Crippen LogP contribution in [0.2, 0.25) is 0 Å². The lowest BCUT2D eigenvalue weighted by atomic mass is 10.2. The molecule has 20 heavy (non-hydrogen) atoms. The maximum atomic E-state index is 11.5. The lowest BCUT2D eigenvalue weighted by Crippen LogP contribution is -2.35. The van der Waals surface area contributed by atoms with E-state index in [1.807, 2.05) is 12.1 Å². The Morgan fingerprint density at radius 2 is 1.80 bits per heavy atom. The molecule has 4 N–H and O–H groups in total. The molecule has 7 nitrogen and oxygen atoms in total. The molecule has 0 aliphatic carbocycles. The second kappa shape index (κ2) is 7.95. The zero-order valence-electron chi connectivity index (χ0n) is 11.1. The Hall–Kier alpha value is -2.35. The van der Waals surface area contributed by atoms with Crippen LogP contribution in [0.25, 0.3) is 0 Å². The van der Waals surface area contributed by atoms with Gasteiger partial charge in [-0.1, -0.05) is 12.1 Å². The van der Waals surface area contributed by atoms with Crippen molar-refractivity contribution in [1.82, 2.24) is 5.32 Å². The molecule has 0 unspecified atom stereocenters. The molecule has 1 aromatic rings. The van der Waals surface area contributed by atoms with E-state index in [2.05, 4.69) is 10.6 Å². The molecule has 0 saturated carbocycles. The quantitative estimate of drug-likeness (QED) is 0.424. The predicted molar refractivity (Wildman–Crippen MR) is 75.2 cm³/mol. The lowest BCUT2D eigenvalue weighted by Gasteiger charge is -2.07. The molecule has 0 radical (unpaired) electrons. The molecule has 0 aliphatic rings. The van der Waals surface area contributed by atoms with Crippen LogP contribution in [0.4, 0.5) is 5.69 Å². The number of benzene rings is 1. The van der Waals surface area contributed by atoms with Crippen LogP contribution in [-0.2, 0) is 25.6 Å². The molecular formula is C12H16BN3O4. The van der Waals surface area contributed by atoms with Gasteiger partial charge >= 0.3 is 0 Å². The number of amides is 3. The Bertz CT molecular complexity index is 490. The van der Waals surface area contributed by atoms with E-state index in [4.69, 9.17) is 10.4 Å². The van der Waals surface area contributed by atoms with Gasteiger partial charge in [-0.2, -0.15) is 0 Å². The maximum absolute atomic E-state index is 11.5. The molecule has 0 aliphatic heterocycles. The Morgan fingerprint density at radius 1 is 1.15 bits per heavy atom. The van der Waals surface area contributed by atoms with Crippen molar-refractivity contribution in [2.45, 2.75) is 13.0 Å². The van der Waals surface area contributed by atoms with Crippen molar-refractivity contribution < 1.29 is 19.0 Å². The summed E-state index contributed by atoms with van der Waals surface area (Å²) in [6, 6.07) is 7.12. The number of nitrogens with two attached hydrogens (primary N) is 1. The summed E-state index contributed by atoms with van der Waals surface area (Å²) in [6.07, 6.45) is -0.432. The molecule has 8 heteroatoms. The standard InChI is InChI=1S/C12H16BN3O4/c13-20-7-8-1-3-9(4-2-8)16-12(19)6-15-11(18)5-10(14)17/h1-4H,5-7,13H2,(H2,14,17)(H,15,18)(H,16,19). The summed E-state index contributed by atoms with van der Waals surface area (Å²) in [4.78, 5) is 33.1. The van der Waals surface area contributed by atoms with E-state index in [1.165, 1.54) is 0 Å². The van der Waals surface area contributed by atoms with Gasteiger partial charge < -0.3 is 21.0 Å². The van der Waals surface area contributed by atoms with E-state index >= 15 is 0 Å². The summed E-state index contributed by atoms with van der Waals surface area (Å²) in [5.41, 5.74) is 6.45. The summed E-state index contributed by atoms with van der Waals surface area (Å²) in [5.74, 6) is -1.71. The van der Waals surface area contributed by atoms with Crippen molar-refractivity contribution in [3.05, 3.63) is 29.8 Å². The molecular weight excluding hydrogens is 261 g/mol. The zero-order chi connectivity index (χ0) is 15.0. The predicted octanol–water partition coefficient (Wildman–Crippen LogP) is -1.32. The first-order chi connectivity index (χ1) is 9.51. The molecule has 0 bridgehead atoms. The van der Waals surface area contributed by atoms with Crippen LogP contribution < -0.4 is 16.4 Å². The third-order valence-electron chi connectivity index (χ3n) is 2.33. The lowest BCUT2D eigenvalue weighted by molar-refractivity contribution is -0.129. The Labute approximate surface area is 117 Å². The van der Waals surface area contributed by atoms with Gasteiger partial charge in [0.2, 0.25) is 17.7 Å². The van der Waals surface area contributed by atoms with Crippen molar-refractivity contribution in [2.24, 2.45) is 5.73 Å². The highest BCUT2D eigenvalue weighted by molar-refractivity contribution is 5.99. The molecule has 1 rings (SSSR count). The van der Waals surface area contributed by atoms with E-state index in [9.17, 15) is 14.4 Å². The topological polar surface area (TPSA) is 111 Å². The third kappa shape index (κ3) is 6.01. The highest BCUT2D eigenvalue weighted by atomic mass is 16.4. The van der Waals surface area contributed by atoms with Crippen LogP contribution in [0, 0.1) is 0 Å². The van der Waals surface area contributed by atoms with E-state index in [0.717, 1.165) is 5.56 Å². The van der Waals surface area contributed by atoms with Crippen LogP contribution >= 0.6 is 0 Å². The first kappa shape index (κ1) is 15.7. The Kier molecular flexibility index (Phi) is 6.25. The summed E-state index contributed by atoms with van der Waals surface area (Å²) >= 11 is 0. The molecule has 0 fully saturated rings. The van der Waals surface area contributed by atoms with E-state index in [-0.39, 0.29) is 12.5 Å². The molecule has 0 spiro atoms. The van der Waals surface area contributed by atoms with Crippen molar-refractivity contribution in [1.29, 1.82) is 0 Å². The molecule has 1 aromatic carbocycles. The number of hydrogen-bond donors (Lipinski definition) is 3. The number of carbonyl (C=O) groups is 3. The zero-order valence-corrected chi connectivity index (χ0v) is 11.1. The monoisotopic (exact) mass is 277 g/mol. The fourth-order valence-electron chi connectivity index (χ4n) is 1.46. The van der Waals surface area contributed by atoms with Gasteiger partial charge in [-0.25, -0.2) is 0 Å². The molecule has 0 saturated heterocycles. The first-order valence-corrected chi connectivity index (χ1v) is 5.94. The fraction of sp³-hybridized carbons (Fsp3) is 0.250. The smallest absolute Gasteiger partial charge is 0.257 e. The van der Waals surface area contributed by atoms with Gasteiger partial charge in [0.25, 0.3) is 8.05 Å². The summed E-state index contributed by atoms with van der Waals surface area (Å²) in [7, 11) is 1.60. The van der Waals surface area contributed by atoms with Gasteiger partial charge in [-0.15, -0.1) is 0 Å². The Morgan fingerprint density at radius 3 is 2.35 bits per heavy atom. The second-order valence-electron chi connectivity index (χ2n) is 4.10. The highest BCUT2D eigenvalue weighted by Crippen LogP contribution is 2.09. The second-order valence-corrected chi connectivity index (χ2v) is 4.10. The number of carbonyl (C=O) groups excluding carboxylic acids is 3. The molecule has 0 heterocycles. The van der Waals surface area contributed by atoms with Crippen molar-refractivity contribution >= 4 is 31.5 Å². The number of rotatable bonds is 7. The van der Waals surface area contributed by atoms with Gasteiger partial charge in [0.1, 0.15) is 6.42 Å². The van der Waals surface area contributed by atoms with E-state index in [0.29, 0.717) is 12.3 Å². The molecule has 0 atom stereocenters. The minimum atomic E-state index is -0.739. The summed E-state index contributed by atoms with van der Waals surface area (Å²) in [5, 5.41) is 4.90. The van der Waals surface area contributed by atoms with Gasteiger partial charge in [-0.05, 0) is 17.7 Å². The molecule has 0 aromatic heterocycles. The average molecular weight is 277 g/mol. The SMILES string of the molecule is BOCc1ccc(NC(=O)CNC(=O)CC(N)=O)cc1. The van der Waals surface area contributed by atoms with Crippen molar-refractivity contribution in [3.8, 4) is 0 Å². The maximum Gasteiger partial charge on any atom is 0.257 e. The van der Waals surface area contributed by atoms with Crippen LogP contribution in [-0.4, -0.2) is 32.3 Å². The van der Waals surface area contributed by atoms with Gasteiger partial charge in [-0.3, -0.25) is 14.4 Å². The normalized spacial score (nSPS) is 9.80. The van der Waals surface area contributed by atoms with E-state index < -0.39 is 18.2 Å². The van der Waals surface area contributed by atoms with Gasteiger partial charge in [0.05, 0.1) is 13.2 Å². The average Bonchev–Trinajstić information content (AvgIpc) is 2.38. The van der Waals surface area contributed by atoms with E-state index in [1.54, 1.807) is 20.2 Å². The number of nitrogens with one attached hydrogen (secondary N) is 2. The number of anilines is 1. The summed E-state index contributed by atoms with van der Waals surface area (Å²) < 4.78 is 4.97. The van der Waals surface area contributed by atoms with Crippen LogP contribution in [0.1, 0.15) is 12.0 Å². The van der Waals surface area contributed by atoms with Crippen molar-refractivity contribution in [2.75, 3.05) is 11.9 Å².